The van der Waals surface area contributed by atoms with Crippen molar-refractivity contribution in [2.45, 2.75) is 13.0 Å². The molecule has 0 N–H and O–H groups in total. The van der Waals surface area contributed by atoms with Crippen molar-refractivity contribution in [3.05, 3.63) is 81.8 Å². The standard InChI is InChI=1S/C21H13Cl2F3O3/c22-17-5-1-15(19(23)10-17)12-28-20-8-4-14(9-16(20)11-27)13-2-6-18(7-3-13)29-21(24,25)26/h1-11H,12H2. The largest absolute Gasteiger partial charge is 0.573 e. The Kier molecular flexibility index (Phi) is 6.35. The van der Waals surface area contributed by atoms with E-state index in [9.17, 15) is 18.0 Å². The van der Waals surface area contributed by atoms with E-state index in [1.807, 2.05) is 0 Å². The Morgan fingerprint density at radius 1 is 0.897 bits per heavy atom. The van der Waals surface area contributed by atoms with Gasteiger partial charge in [0.05, 0.1) is 5.56 Å². The van der Waals surface area contributed by atoms with Gasteiger partial charge in [-0.3, -0.25) is 4.79 Å². The Morgan fingerprint density at radius 3 is 2.21 bits per heavy atom. The first kappa shape index (κ1) is 21.0. The number of halogens is 5. The Balaban J connectivity index is 1.77. The molecule has 0 saturated heterocycles. The molecule has 3 aromatic carbocycles. The van der Waals surface area contributed by atoms with E-state index in [0.29, 0.717) is 44.3 Å². The summed E-state index contributed by atoms with van der Waals surface area (Å²) in [5.74, 6) is 0.0310. The molecule has 0 heterocycles. The van der Waals surface area contributed by atoms with Crippen molar-refractivity contribution in [1.82, 2.24) is 0 Å². The number of rotatable bonds is 6. The average molecular weight is 441 g/mol. The van der Waals surface area contributed by atoms with E-state index in [1.165, 1.54) is 24.3 Å². The maximum Gasteiger partial charge on any atom is 0.573 e. The van der Waals surface area contributed by atoms with Crippen LogP contribution < -0.4 is 9.47 Å². The Bertz CT molecular complexity index is 1020. The van der Waals surface area contributed by atoms with Crippen LogP contribution in [-0.2, 0) is 6.61 Å². The second-order valence-electron chi connectivity index (χ2n) is 5.97. The first-order chi connectivity index (χ1) is 13.7. The molecule has 3 rings (SSSR count). The fourth-order valence-corrected chi connectivity index (χ4v) is 3.06. The van der Waals surface area contributed by atoms with Crippen LogP contribution in [0.3, 0.4) is 0 Å². The molecule has 0 fully saturated rings. The fraction of sp³-hybridized carbons (Fsp3) is 0.0952. The lowest BCUT2D eigenvalue weighted by molar-refractivity contribution is -0.274. The van der Waals surface area contributed by atoms with E-state index >= 15 is 0 Å². The third-order valence-electron chi connectivity index (χ3n) is 3.96. The number of carbonyl (C=O) groups excluding carboxylic acids is 1. The summed E-state index contributed by atoms with van der Waals surface area (Å²) in [5.41, 5.74) is 2.26. The summed E-state index contributed by atoms with van der Waals surface area (Å²) in [4.78, 5) is 11.5. The number of hydrogen-bond donors (Lipinski definition) is 0. The van der Waals surface area contributed by atoms with Crippen LogP contribution in [0.5, 0.6) is 11.5 Å². The molecular weight excluding hydrogens is 428 g/mol. The Morgan fingerprint density at radius 2 is 1.59 bits per heavy atom. The van der Waals surface area contributed by atoms with Crippen LogP contribution in [0, 0.1) is 0 Å². The van der Waals surface area contributed by atoms with Crippen LogP contribution in [0.15, 0.2) is 60.7 Å². The fourth-order valence-electron chi connectivity index (χ4n) is 2.59. The van der Waals surface area contributed by atoms with E-state index in [1.54, 1.807) is 36.4 Å². The predicted molar refractivity (Wildman–Crippen MR) is 105 cm³/mol. The van der Waals surface area contributed by atoms with Crippen molar-refractivity contribution in [1.29, 1.82) is 0 Å². The number of ether oxygens (including phenoxy) is 2. The lowest BCUT2D eigenvalue weighted by Gasteiger charge is -2.12. The van der Waals surface area contributed by atoms with Crippen molar-refractivity contribution < 1.29 is 27.4 Å². The predicted octanol–water partition coefficient (Wildman–Crippen LogP) is 6.95. The minimum absolute atomic E-state index is 0.139. The van der Waals surface area contributed by atoms with E-state index in [4.69, 9.17) is 27.9 Å². The van der Waals surface area contributed by atoms with Crippen molar-refractivity contribution in [3.63, 3.8) is 0 Å². The van der Waals surface area contributed by atoms with Gasteiger partial charge in [-0.1, -0.05) is 47.5 Å². The van der Waals surface area contributed by atoms with Crippen molar-refractivity contribution in [2.24, 2.45) is 0 Å². The number of carbonyl (C=O) groups is 1. The van der Waals surface area contributed by atoms with Gasteiger partial charge in [0.15, 0.2) is 6.29 Å². The van der Waals surface area contributed by atoms with Gasteiger partial charge in [0.1, 0.15) is 18.1 Å². The van der Waals surface area contributed by atoms with E-state index < -0.39 is 6.36 Å². The number of benzene rings is 3. The molecule has 0 saturated carbocycles. The summed E-state index contributed by atoms with van der Waals surface area (Å²) in [5, 5.41) is 0.950. The monoisotopic (exact) mass is 440 g/mol. The normalized spacial score (nSPS) is 11.2. The van der Waals surface area contributed by atoms with Crippen LogP contribution in [0.25, 0.3) is 11.1 Å². The van der Waals surface area contributed by atoms with E-state index in [0.717, 1.165) is 0 Å². The summed E-state index contributed by atoms with van der Waals surface area (Å²) < 4.78 is 46.3. The molecule has 0 aliphatic carbocycles. The molecule has 150 valence electrons. The molecule has 0 unspecified atom stereocenters. The van der Waals surface area contributed by atoms with Gasteiger partial charge in [-0.2, -0.15) is 0 Å². The van der Waals surface area contributed by atoms with Crippen LogP contribution in [0.4, 0.5) is 13.2 Å². The summed E-state index contributed by atoms with van der Waals surface area (Å²) in [6.45, 7) is 0.139. The first-order valence-electron chi connectivity index (χ1n) is 8.27. The van der Waals surface area contributed by atoms with Gasteiger partial charge in [0, 0.05) is 15.6 Å². The summed E-state index contributed by atoms with van der Waals surface area (Å²) >= 11 is 12.0. The quantitative estimate of drug-likeness (QED) is 0.389. The molecule has 0 aromatic heterocycles. The van der Waals surface area contributed by atoms with Gasteiger partial charge in [-0.05, 0) is 47.5 Å². The molecule has 3 aromatic rings. The maximum absolute atomic E-state index is 12.3. The lowest BCUT2D eigenvalue weighted by atomic mass is 10.0. The number of alkyl halides is 3. The van der Waals surface area contributed by atoms with Crippen LogP contribution in [0.2, 0.25) is 10.0 Å². The van der Waals surface area contributed by atoms with Crippen molar-refractivity contribution in [3.8, 4) is 22.6 Å². The zero-order valence-corrected chi connectivity index (χ0v) is 16.2. The minimum Gasteiger partial charge on any atom is -0.488 e. The Hall–Kier alpha value is -2.70. The molecule has 0 bridgehead atoms. The Labute approximate surface area is 174 Å². The number of hydrogen-bond acceptors (Lipinski definition) is 3. The topological polar surface area (TPSA) is 35.5 Å². The molecule has 8 heteroatoms. The van der Waals surface area contributed by atoms with Crippen molar-refractivity contribution >= 4 is 29.5 Å². The second-order valence-corrected chi connectivity index (χ2v) is 6.81. The van der Waals surface area contributed by atoms with Gasteiger partial charge >= 0.3 is 6.36 Å². The summed E-state index contributed by atoms with van der Waals surface area (Å²) in [7, 11) is 0. The second kappa shape index (κ2) is 8.76. The molecule has 0 atom stereocenters. The molecule has 0 radical (unpaired) electrons. The zero-order chi connectivity index (χ0) is 21.0. The van der Waals surface area contributed by atoms with Crippen LogP contribution >= 0.6 is 23.2 Å². The molecule has 0 amide bonds. The number of aldehydes is 1. The third kappa shape index (κ3) is 5.65. The third-order valence-corrected chi connectivity index (χ3v) is 4.54. The SMILES string of the molecule is O=Cc1cc(-c2ccc(OC(F)(F)F)cc2)ccc1OCc1ccc(Cl)cc1Cl. The van der Waals surface area contributed by atoms with Gasteiger partial charge in [0.2, 0.25) is 0 Å². The highest BCUT2D eigenvalue weighted by molar-refractivity contribution is 6.35. The van der Waals surface area contributed by atoms with Gasteiger partial charge in [0.25, 0.3) is 0 Å². The van der Waals surface area contributed by atoms with Gasteiger partial charge < -0.3 is 9.47 Å². The smallest absolute Gasteiger partial charge is 0.488 e. The van der Waals surface area contributed by atoms with Gasteiger partial charge in [-0.15, -0.1) is 13.2 Å². The van der Waals surface area contributed by atoms with E-state index in [2.05, 4.69) is 4.74 Å². The van der Waals surface area contributed by atoms with Crippen LogP contribution in [0.1, 0.15) is 15.9 Å². The maximum atomic E-state index is 12.3. The molecule has 0 spiro atoms. The van der Waals surface area contributed by atoms with E-state index in [-0.39, 0.29) is 12.4 Å². The minimum atomic E-state index is -4.75. The molecule has 0 aliphatic heterocycles. The van der Waals surface area contributed by atoms with Crippen molar-refractivity contribution in [2.75, 3.05) is 0 Å². The first-order valence-corrected chi connectivity index (χ1v) is 9.03. The van der Waals surface area contributed by atoms with Gasteiger partial charge in [-0.25, -0.2) is 0 Å². The molecule has 3 nitrogen and oxygen atoms in total. The molecular formula is C21H13Cl2F3O3. The average Bonchev–Trinajstić information content (AvgIpc) is 2.66. The summed E-state index contributed by atoms with van der Waals surface area (Å²) in [6.07, 6.45) is -4.11. The molecule has 29 heavy (non-hydrogen) atoms. The summed E-state index contributed by atoms with van der Waals surface area (Å²) in [6, 6.07) is 15.3. The highest BCUT2D eigenvalue weighted by atomic mass is 35.5. The lowest BCUT2D eigenvalue weighted by Crippen LogP contribution is -2.16. The highest BCUT2D eigenvalue weighted by Crippen LogP contribution is 2.30. The van der Waals surface area contributed by atoms with Crippen LogP contribution in [-0.4, -0.2) is 12.6 Å². The highest BCUT2D eigenvalue weighted by Gasteiger charge is 2.30. The zero-order valence-electron chi connectivity index (χ0n) is 14.7. The molecule has 0 aliphatic rings.